The highest BCUT2D eigenvalue weighted by Crippen LogP contribution is 2.15. The van der Waals surface area contributed by atoms with Crippen molar-refractivity contribution in [2.45, 2.75) is 13.5 Å². The lowest BCUT2D eigenvalue weighted by atomic mass is 10.1. The fraction of sp³-hybridized carbons (Fsp3) is 0.188. The van der Waals surface area contributed by atoms with E-state index in [9.17, 15) is 10.1 Å². The highest BCUT2D eigenvalue weighted by molar-refractivity contribution is 6.17. The molecule has 0 bridgehead atoms. The van der Waals surface area contributed by atoms with E-state index in [0.717, 1.165) is 5.56 Å². The van der Waals surface area contributed by atoms with Gasteiger partial charge in [0.2, 0.25) is 0 Å². The van der Waals surface area contributed by atoms with Crippen molar-refractivity contribution in [1.29, 1.82) is 5.26 Å². The Hall–Kier alpha value is -2.58. The number of carbonyl (C=O) groups excluding carboxylic acids is 1. The number of aryl methyl sites for hydroxylation is 2. The molecule has 0 fully saturated rings. The van der Waals surface area contributed by atoms with Gasteiger partial charge in [-0.05, 0) is 24.6 Å². The molecule has 0 saturated heterocycles. The summed E-state index contributed by atoms with van der Waals surface area (Å²) in [6.45, 7) is 2.47. The van der Waals surface area contributed by atoms with Crippen molar-refractivity contribution in [3.05, 3.63) is 53.4 Å². The van der Waals surface area contributed by atoms with Gasteiger partial charge in [0.25, 0.3) is 5.91 Å². The molecule has 0 unspecified atom stereocenters. The van der Waals surface area contributed by atoms with Crippen molar-refractivity contribution in [2.75, 3.05) is 11.2 Å². The topological polar surface area (TPSA) is 70.7 Å². The number of alkyl halides is 1. The van der Waals surface area contributed by atoms with E-state index in [-0.39, 0.29) is 5.57 Å². The number of amides is 1. The summed E-state index contributed by atoms with van der Waals surface area (Å²) >= 11 is 5.64. The van der Waals surface area contributed by atoms with E-state index >= 15 is 0 Å². The Morgan fingerprint density at radius 2 is 2.27 bits per heavy atom. The van der Waals surface area contributed by atoms with Crippen LogP contribution in [0.5, 0.6) is 0 Å². The van der Waals surface area contributed by atoms with Gasteiger partial charge in [-0.1, -0.05) is 18.2 Å². The number of para-hydroxylation sites is 1. The third kappa shape index (κ3) is 3.96. The van der Waals surface area contributed by atoms with Crippen molar-refractivity contribution in [1.82, 2.24) is 9.78 Å². The summed E-state index contributed by atoms with van der Waals surface area (Å²) in [6, 6.07) is 9.31. The van der Waals surface area contributed by atoms with Crippen molar-refractivity contribution in [2.24, 2.45) is 0 Å². The zero-order valence-electron chi connectivity index (χ0n) is 12.1. The quantitative estimate of drug-likeness (QED) is 0.524. The minimum Gasteiger partial charge on any atom is -0.321 e. The van der Waals surface area contributed by atoms with Crippen LogP contribution in [0, 0.1) is 18.3 Å². The second-order valence-corrected chi connectivity index (χ2v) is 5.04. The van der Waals surface area contributed by atoms with Crippen LogP contribution in [0.1, 0.15) is 11.1 Å². The number of halogens is 1. The standard InChI is InChI=1S/C16H15ClN4O/c1-12-4-2-3-5-15(12)20-16(22)14(9-18)8-13-10-19-21(11-13)7-6-17/h2-5,8,10-11H,6-7H2,1H3,(H,20,22). The molecule has 0 spiro atoms. The Morgan fingerprint density at radius 3 is 2.95 bits per heavy atom. The Balaban J connectivity index is 2.16. The van der Waals surface area contributed by atoms with Gasteiger partial charge >= 0.3 is 0 Å². The van der Waals surface area contributed by atoms with Crippen LogP contribution in [-0.2, 0) is 11.3 Å². The van der Waals surface area contributed by atoms with Gasteiger partial charge < -0.3 is 5.32 Å². The van der Waals surface area contributed by atoms with Crippen molar-refractivity contribution >= 4 is 29.3 Å². The Labute approximate surface area is 133 Å². The van der Waals surface area contributed by atoms with Crippen LogP contribution < -0.4 is 5.32 Å². The maximum atomic E-state index is 12.2. The van der Waals surface area contributed by atoms with Gasteiger partial charge in [0.15, 0.2) is 0 Å². The fourth-order valence-electron chi connectivity index (χ4n) is 1.88. The van der Waals surface area contributed by atoms with Gasteiger partial charge in [-0.2, -0.15) is 10.4 Å². The molecule has 1 amide bonds. The predicted octanol–water partition coefficient (Wildman–Crippen LogP) is 2.98. The maximum absolute atomic E-state index is 12.2. The Bertz CT molecular complexity index is 743. The molecule has 1 heterocycles. The minimum atomic E-state index is -0.443. The molecule has 6 heteroatoms. The molecule has 5 nitrogen and oxygen atoms in total. The second kappa shape index (κ2) is 7.43. The normalized spacial score (nSPS) is 11.0. The van der Waals surface area contributed by atoms with E-state index in [4.69, 9.17) is 11.6 Å². The predicted molar refractivity (Wildman–Crippen MR) is 86.3 cm³/mol. The first-order valence-corrected chi connectivity index (χ1v) is 7.24. The first-order chi connectivity index (χ1) is 10.6. The molecule has 0 radical (unpaired) electrons. The van der Waals surface area contributed by atoms with Crippen molar-refractivity contribution in [3.63, 3.8) is 0 Å². The number of carbonyl (C=O) groups is 1. The molecule has 0 aliphatic heterocycles. The largest absolute Gasteiger partial charge is 0.321 e. The highest BCUT2D eigenvalue weighted by atomic mass is 35.5. The molecule has 2 rings (SSSR count). The summed E-state index contributed by atoms with van der Waals surface area (Å²) in [5, 5.41) is 16.0. The number of hydrogen-bond donors (Lipinski definition) is 1. The summed E-state index contributed by atoms with van der Waals surface area (Å²) in [5.41, 5.74) is 2.32. The van der Waals surface area contributed by atoms with Crippen molar-refractivity contribution < 1.29 is 4.79 Å². The summed E-state index contributed by atoms with van der Waals surface area (Å²) in [6.07, 6.45) is 4.83. The number of aromatic nitrogens is 2. The molecule has 2 aromatic rings. The van der Waals surface area contributed by atoms with E-state index in [1.807, 2.05) is 31.2 Å². The number of nitrogens with one attached hydrogen (secondary N) is 1. The van der Waals surface area contributed by atoms with Gasteiger partial charge in [0, 0.05) is 23.3 Å². The van der Waals surface area contributed by atoms with Crippen LogP contribution in [0.25, 0.3) is 6.08 Å². The van der Waals surface area contributed by atoms with Crippen LogP contribution in [0.2, 0.25) is 0 Å². The van der Waals surface area contributed by atoms with Crippen LogP contribution in [0.15, 0.2) is 42.2 Å². The SMILES string of the molecule is Cc1ccccc1NC(=O)C(C#N)=Cc1cnn(CCCl)c1. The summed E-state index contributed by atoms with van der Waals surface area (Å²) < 4.78 is 1.66. The smallest absolute Gasteiger partial charge is 0.266 e. The molecule has 1 aromatic carbocycles. The number of nitriles is 1. The number of rotatable bonds is 5. The first-order valence-electron chi connectivity index (χ1n) is 6.71. The fourth-order valence-corrected chi connectivity index (χ4v) is 2.05. The molecule has 0 saturated carbocycles. The zero-order chi connectivity index (χ0) is 15.9. The summed E-state index contributed by atoms with van der Waals surface area (Å²) in [4.78, 5) is 12.2. The molecular formula is C16H15ClN4O. The molecule has 0 atom stereocenters. The van der Waals surface area contributed by atoms with Gasteiger partial charge in [-0.25, -0.2) is 0 Å². The summed E-state index contributed by atoms with van der Waals surface area (Å²) in [7, 11) is 0. The third-order valence-electron chi connectivity index (χ3n) is 3.04. The maximum Gasteiger partial charge on any atom is 0.266 e. The van der Waals surface area contributed by atoms with E-state index in [1.165, 1.54) is 6.08 Å². The lowest BCUT2D eigenvalue weighted by molar-refractivity contribution is -0.112. The average molecular weight is 315 g/mol. The van der Waals surface area contributed by atoms with Gasteiger partial charge in [0.1, 0.15) is 11.6 Å². The van der Waals surface area contributed by atoms with Gasteiger partial charge in [0.05, 0.1) is 12.7 Å². The number of benzene rings is 1. The molecule has 112 valence electrons. The Morgan fingerprint density at radius 1 is 1.50 bits per heavy atom. The van der Waals surface area contributed by atoms with Crippen LogP contribution in [-0.4, -0.2) is 21.6 Å². The molecular weight excluding hydrogens is 300 g/mol. The summed E-state index contributed by atoms with van der Waals surface area (Å²) in [5.74, 6) is 0.00544. The number of hydrogen-bond acceptors (Lipinski definition) is 3. The van der Waals surface area contributed by atoms with E-state index < -0.39 is 5.91 Å². The molecule has 0 aliphatic carbocycles. The Kier molecular flexibility index (Phi) is 5.34. The minimum absolute atomic E-state index is 0.0219. The lowest BCUT2D eigenvalue weighted by Crippen LogP contribution is -2.14. The van der Waals surface area contributed by atoms with Gasteiger partial charge in [-0.15, -0.1) is 11.6 Å². The van der Waals surface area contributed by atoms with Crippen LogP contribution in [0.4, 0.5) is 5.69 Å². The first kappa shape index (κ1) is 15.8. The second-order valence-electron chi connectivity index (χ2n) is 4.66. The van der Waals surface area contributed by atoms with Crippen LogP contribution in [0.3, 0.4) is 0 Å². The van der Waals surface area contributed by atoms with E-state index in [0.29, 0.717) is 23.7 Å². The van der Waals surface area contributed by atoms with Gasteiger partial charge in [-0.3, -0.25) is 9.48 Å². The van der Waals surface area contributed by atoms with Crippen molar-refractivity contribution in [3.8, 4) is 6.07 Å². The molecule has 1 aromatic heterocycles. The molecule has 0 aliphatic rings. The average Bonchev–Trinajstić information content (AvgIpc) is 2.95. The highest BCUT2D eigenvalue weighted by Gasteiger charge is 2.11. The molecule has 1 N–H and O–H groups in total. The third-order valence-corrected chi connectivity index (χ3v) is 3.21. The number of anilines is 1. The molecule has 22 heavy (non-hydrogen) atoms. The van der Waals surface area contributed by atoms with E-state index in [1.54, 1.807) is 23.1 Å². The van der Waals surface area contributed by atoms with Crippen LogP contribution >= 0.6 is 11.6 Å². The number of nitrogens with zero attached hydrogens (tertiary/aromatic N) is 3. The lowest BCUT2D eigenvalue weighted by Gasteiger charge is -2.06. The zero-order valence-corrected chi connectivity index (χ0v) is 12.8. The van der Waals surface area contributed by atoms with E-state index in [2.05, 4.69) is 10.4 Å². The monoisotopic (exact) mass is 314 g/mol.